The number of carbonyl (C=O) groups is 1. The zero-order chi connectivity index (χ0) is 17.9. The number of aliphatic hydroxyl groups is 1. The maximum Gasteiger partial charge on any atom is 0.177 e. The average molecular weight is 328 g/mol. The van der Waals surface area contributed by atoms with Crippen LogP contribution in [0.2, 0.25) is 0 Å². The summed E-state index contributed by atoms with van der Waals surface area (Å²) in [4.78, 5) is 10.8. The van der Waals surface area contributed by atoms with Gasteiger partial charge in [-0.2, -0.15) is 0 Å². The molecule has 0 aromatic heterocycles. The minimum atomic E-state index is -1.30. The third-order valence-electron chi connectivity index (χ3n) is 4.12. The van der Waals surface area contributed by atoms with Crippen molar-refractivity contribution in [2.75, 3.05) is 6.61 Å². The SMILES string of the molecule is CC(=O)C(=N)C1=C(N)CCC1.CCCCCC(F)(CO)CCC. The molecule has 23 heavy (non-hydrogen) atoms. The summed E-state index contributed by atoms with van der Waals surface area (Å²) >= 11 is 0. The summed E-state index contributed by atoms with van der Waals surface area (Å²) in [6, 6.07) is 0. The molecule has 1 rings (SSSR count). The van der Waals surface area contributed by atoms with Crippen molar-refractivity contribution in [3.8, 4) is 0 Å². The zero-order valence-electron chi connectivity index (χ0n) is 14.9. The molecule has 0 spiro atoms. The Kier molecular flexibility index (Phi) is 10.7. The van der Waals surface area contributed by atoms with Crippen LogP contribution in [0.15, 0.2) is 11.3 Å². The summed E-state index contributed by atoms with van der Waals surface area (Å²) in [6.45, 7) is 5.13. The van der Waals surface area contributed by atoms with Crippen LogP contribution >= 0.6 is 0 Å². The van der Waals surface area contributed by atoms with Gasteiger partial charge < -0.3 is 10.8 Å². The van der Waals surface area contributed by atoms with Crippen molar-refractivity contribution in [3.05, 3.63) is 11.3 Å². The predicted octanol–water partition coefficient (Wildman–Crippen LogP) is 4.06. The monoisotopic (exact) mass is 328 g/mol. The van der Waals surface area contributed by atoms with Crippen LogP contribution in [0.5, 0.6) is 0 Å². The second kappa shape index (κ2) is 11.3. The minimum absolute atomic E-state index is 0.0972. The van der Waals surface area contributed by atoms with Crippen molar-refractivity contribution in [3.63, 3.8) is 0 Å². The van der Waals surface area contributed by atoms with Crippen molar-refractivity contribution in [1.29, 1.82) is 5.41 Å². The van der Waals surface area contributed by atoms with Crippen LogP contribution in [-0.4, -0.2) is 28.9 Å². The van der Waals surface area contributed by atoms with Gasteiger partial charge in [0.25, 0.3) is 0 Å². The Balaban J connectivity index is 0.000000422. The molecular weight excluding hydrogens is 295 g/mol. The molecule has 1 atom stereocenters. The lowest BCUT2D eigenvalue weighted by Crippen LogP contribution is -2.27. The van der Waals surface area contributed by atoms with Crippen LogP contribution < -0.4 is 5.73 Å². The van der Waals surface area contributed by atoms with Gasteiger partial charge >= 0.3 is 0 Å². The maximum absolute atomic E-state index is 13.6. The number of alkyl halides is 1. The highest BCUT2D eigenvalue weighted by Crippen LogP contribution is 2.25. The number of Topliss-reactive ketones (excluding diaryl/α,β-unsaturated/α-hetero) is 1. The predicted molar refractivity (Wildman–Crippen MR) is 93.4 cm³/mol. The normalized spacial score (nSPS) is 16.6. The fraction of sp³-hybridized carbons (Fsp3) is 0.778. The molecule has 5 heteroatoms. The highest BCUT2D eigenvalue weighted by molar-refractivity contribution is 6.44. The third-order valence-corrected chi connectivity index (χ3v) is 4.12. The number of carbonyl (C=O) groups excluding carboxylic acids is 1. The average Bonchev–Trinajstić information content (AvgIpc) is 2.93. The number of halogens is 1. The first-order chi connectivity index (χ1) is 10.8. The summed E-state index contributed by atoms with van der Waals surface area (Å²) in [5, 5.41) is 16.2. The molecule has 0 aromatic rings. The molecule has 0 saturated carbocycles. The molecule has 134 valence electrons. The Bertz CT molecular complexity index is 421. The number of hydrogen-bond donors (Lipinski definition) is 3. The van der Waals surface area contributed by atoms with E-state index in [1.165, 1.54) is 6.92 Å². The number of allylic oxidation sites excluding steroid dienone is 2. The number of nitrogens with one attached hydrogen (secondary N) is 1. The number of ketones is 1. The third kappa shape index (κ3) is 8.26. The summed E-state index contributed by atoms with van der Waals surface area (Å²) in [7, 11) is 0. The van der Waals surface area contributed by atoms with Crippen molar-refractivity contribution in [2.24, 2.45) is 5.73 Å². The van der Waals surface area contributed by atoms with E-state index in [1.807, 2.05) is 6.92 Å². The highest BCUT2D eigenvalue weighted by Gasteiger charge is 2.26. The van der Waals surface area contributed by atoms with Gasteiger partial charge in [0.15, 0.2) is 5.78 Å². The number of hydrogen-bond acceptors (Lipinski definition) is 4. The lowest BCUT2D eigenvalue weighted by molar-refractivity contribution is -0.111. The number of unbranched alkanes of at least 4 members (excludes halogenated alkanes) is 2. The fourth-order valence-corrected chi connectivity index (χ4v) is 2.69. The Labute approximate surface area is 139 Å². The second-order valence-electron chi connectivity index (χ2n) is 6.30. The minimum Gasteiger partial charge on any atom is -0.402 e. The van der Waals surface area contributed by atoms with E-state index >= 15 is 0 Å². The fourth-order valence-electron chi connectivity index (χ4n) is 2.69. The van der Waals surface area contributed by atoms with E-state index in [1.54, 1.807) is 0 Å². The molecule has 4 nitrogen and oxygen atoms in total. The highest BCUT2D eigenvalue weighted by atomic mass is 19.1. The van der Waals surface area contributed by atoms with Crippen LogP contribution in [0, 0.1) is 5.41 Å². The van der Waals surface area contributed by atoms with Gasteiger partial charge in [0.05, 0.1) is 6.61 Å². The zero-order valence-corrected chi connectivity index (χ0v) is 14.9. The van der Waals surface area contributed by atoms with Crippen LogP contribution in [-0.2, 0) is 4.79 Å². The quantitative estimate of drug-likeness (QED) is 0.440. The number of nitrogens with two attached hydrogens (primary N) is 1. The molecular formula is C18H33FN2O2. The van der Waals surface area contributed by atoms with Gasteiger partial charge in [0.1, 0.15) is 11.4 Å². The first-order valence-electron chi connectivity index (χ1n) is 8.68. The molecule has 1 aliphatic rings. The Morgan fingerprint density at radius 1 is 1.26 bits per heavy atom. The molecule has 1 aliphatic carbocycles. The molecule has 0 aromatic carbocycles. The van der Waals surface area contributed by atoms with E-state index in [-0.39, 0.29) is 18.1 Å². The lowest BCUT2D eigenvalue weighted by Gasteiger charge is -2.21. The summed E-state index contributed by atoms with van der Waals surface area (Å²) < 4.78 is 13.6. The van der Waals surface area contributed by atoms with E-state index < -0.39 is 5.67 Å². The van der Waals surface area contributed by atoms with Crippen molar-refractivity contribution in [1.82, 2.24) is 0 Å². The molecule has 4 N–H and O–H groups in total. The molecule has 0 saturated heterocycles. The topological polar surface area (TPSA) is 87.2 Å². The van der Waals surface area contributed by atoms with Gasteiger partial charge in [0, 0.05) is 12.6 Å². The van der Waals surface area contributed by atoms with E-state index in [9.17, 15) is 9.18 Å². The van der Waals surface area contributed by atoms with Crippen LogP contribution in [0.25, 0.3) is 0 Å². The van der Waals surface area contributed by atoms with E-state index in [0.717, 1.165) is 56.2 Å². The maximum atomic E-state index is 13.6. The molecule has 1 unspecified atom stereocenters. The van der Waals surface area contributed by atoms with Crippen LogP contribution in [0.3, 0.4) is 0 Å². The van der Waals surface area contributed by atoms with E-state index in [4.69, 9.17) is 16.2 Å². The van der Waals surface area contributed by atoms with Crippen molar-refractivity contribution in [2.45, 2.75) is 84.2 Å². The lowest BCUT2D eigenvalue weighted by atomic mass is 9.94. The first kappa shape index (κ1) is 21.8. The smallest absolute Gasteiger partial charge is 0.177 e. The Morgan fingerprint density at radius 2 is 1.91 bits per heavy atom. The largest absolute Gasteiger partial charge is 0.402 e. The number of rotatable bonds is 9. The van der Waals surface area contributed by atoms with E-state index in [2.05, 4.69) is 6.92 Å². The van der Waals surface area contributed by atoms with Gasteiger partial charge in [-0.1, -0.05) is 39.5 Å². The van der Waals surface area contributed by atoms with Gasteiger partial charge in [-0.3, -0.25) is 10.2 Å². The second-order valence-corrected chi connectivity index (χ2v) is 6.30. The van der Waals surface area contributed by atoms with Gasteiger partial charge in [-0.05, 0) is 37.7 Å². The first-order valence-corrected chi connectivity index (χ1v) is 8.68. The Morgan fingerprint density at radius 3 is 2.30 bits per heavy atom. The Hall–Kier alpha value is -1.23. The van der Waals surface area contributed by atoms with Crippen LogP contribution in [0.1, 0.15) is 78.6 Å². The summed E-state index contributed by atoms with van der Waals surface area (Å²) in [6.07, 6.45) is 7.50. The molecule has 0 heterocycles. The van der Waals surface area contributed by atoms with Gasteiger partial charge in [0.2, 0.25) is 0 Å². The van der Waals surface area contributed by atoms with Crippen molar-refractivity contribution >= 4 is 11.5 Å². The molecule has 0 amide bonds. The standard InChI is InChI=1S/C10H21FO.C8H12N2O/c1-3-5-6-8-10(11,9-12)7-4-2;1-5(11)8(10)6-3-2-4-7(6)9/h12H,3-9H2,1-2H3;10H,2-4,9H2,1H3. The molecule has 0 fully saturated rings. The van der Waals surface area contributed by atoms with Crippen LogP contribution in [0.4, 0.5) is 4.39 Å². The molecule has 0 bridgehead atoms. The van der Waals surface area contributed by atoms with Gasteiger partial charge in [-0.25, -0.2) is 4.39 Å². The summed E-state index contributed by atoms with van der Waals surface area (Å²) in [5.74, 6) is -0.190. The molecule has 0 aliphatic heterocycles. The molecule has 0 radical (unpaired) electrons. The number of aliphatic hydroxyl groups excluding tert-OH is 1. The van der Waals surface area contributed by atoms with Gasteiger partial charge in [-0.15, -0.1) is 0 Å². The van der Waals surface area contributed by atoms with E-state index in [0.29, 0.717) is 12.8 Å². The van der Waals surface area contributed by atoms with Crippen molar-refractivity contribution < 1.29 is 14.3 Å². The summed E-state index contributed by atoms with van der Waals surface area (Å²) in [5.41, 5.74) is 5.89.